The maximum atomic E-state index is 13.0. The second-order valence-electron chi connectivity index (χ2n) is 4.58. The van der Waals surface area contributed by atoms with Gasteiger partial charge in [0.2, 0.25) is 0 Å². The van der Waals surface area contributed by atoms with Gasteiger partial charge in [-0.2, -0.15) is 18.3 Å². The van der Waals surface area contributed by atoms with Crippen molar-refractivity contribution in [1.82, 2.24) is 0 Å². The number of hydrogen-bond donors (Lipinski definition) is 1. The summed E-state index contributed by atoms with van der Waals surface area (Å²) in [5.41, 5.74) is 5.93. The molecule has 2 rings (SSSR count). The molecular weight excluding hydrogens is 271 g/mol. The highest BCUT2D eigenvalue weighted by Gasteiger charge is 2.38. The summed E-state index contributed by atoms with van der Waals surface area (Å²) in [5, 5.41) is 7.64. The van der Waals surface area contributed by atoms with Gasteiger partial charge < -0.3 is 10.5 Å². The number of nitrogens with zero attached hydrogens (tertiary/aromatic N) is 2. The topological polar surface area (TPSA) is 60.0 Å². The van der Waals surface area contributed by atoms with Crippen LogP contribution in [0, 0.1) is 0 Å². The van der Waals surface area contributed by atoms with E-state index in [-0.39, 0.29) is 18.8 Å². The van der Waals surface area contributed by atoms with Gasteiger partial charge in [0.25, 0.3) is 0 Å². The average Bonchev–Trinajstić information content (AvgIpc) is 2.39. The Labute approximate surface area is 114 Å². The zero-order valence-electron chi connectivity index (χ0n) is 11.1. The molecule has 20 heavy (non-hydrogen) atoms. The molecule has 1 heterocycles. The first kappa shape index (κ1) is 14.6. The maximum Gasteiger partial charge on any atom is 0.419 e. The Balaban J connectivity index is 2.33. The lowest BCUT2D eigenvalue weighted by Gasteiger charge is -2.23. The summed E-state index contributed by atoms with van der Waals surface area (Å²) in [4.78, 5) is 0. The first-order chi connectivity index (χ1) is 9.41. The lowest BCUT2D eigenvalue weighted by molar-refractivity contribution is -0.0923. The zero-order valence-corrected chi connectivity index (χ0v) is 11.1. The standard InChI is InChI=1S/C13H16F3N3O/c1-2-20-11-5-3-8(7-9(11)13(14,15)16)10-4-6-12(17)19-18-10/h7H,2-6H2,1H3,(H2,17,19). The third-order valence-corrected chi connectivity index (χ3v) is 3.15. The highest BCUT2D eigenvalue weighted by Crippen LogP contribution is 2.37. The molecule has 110 valence electrons. The van der Waals surface area contributed by atoms with Crippen LogP contribution in [0.25, 0.3) is 0 Å². The molecule has 1 aliphatic heterocycles. The van der Waals surface area contributed by atoms with E-state index in [1.54, 1.807) is 6.92 Å². The number of allylic oxidation sites excluding steroid dienone is 4. The van der Waals surface area contributed by atoms with Gasteiger partial charge >= 0.3 is 6.18 Å². The fourth-order valence-corrected chi connectivity index (χ4v) is 2.20. The first-order valence-electron chi connectivity index (χ1n) is 6.44. The molecule has 0 fully saturated rings. The Morgan fingerprint density at radius 1 is 1.20 bits per heavy atom. The Hall–Kier alpha value is -1.79. The van der Waals surface area contributed by atoms with Crippen molar-refractivity contribution in [2.45, 2.75) is 38.8 Å². The number of nitrogens with two attached hydrogens (primary N) is 1. The van der Waals surface area contributed by atoms with Crippen molar-refractivity contribution in [3.8, 4) is 0 Å². The Bertz CT molecular complexity index is 515. The molecule has 1 aliphatic carbocycles. The van der Waals surface area contributed by atoms with Crippen LogP contribution >= 0.6 is 0 Å². The molecule has 0 aromatic rings. The molecule has 0 radical (unpaired) electrons. The SMILES string of the molecule is CCOC1=C(C(F)(F)F)C=C(C2=NN=C(N)CC2)CC1. The monoisotopic (exact) mass is 287 g/mol. The molecule has 0 amide bonds. The van der Waals surface area contributed by atoms with E-state index in [0.29, 0.717) is 36.4 Å². The zero-order chi connectivity index (χ0) is 14.8. The van der Waals surface area contributed by atoms with E-state index < -0.39 is 11.7 Å². The summed E-state index contributed by atoms with van der Waals surface area (Å²) in [7, 11) is 0. The molecule has 0 unspecified atom stereocenters. The summed E-state index contributed by atoms with van der Waals surface area (Å²) in [6.45, 7) is 1.89. The molecule has 7 heteroatoms. The van der Waals surface area contributed by atoms with Gasteiger partial charge in [-0.05, 0) is 31.4 Å². The quantitative estimate of drug-likeness (QED) is 0.867. The first-order valence-corrected chi connectivity index (χ1v) is 6.44. The van der Waals surface area contributed by atoms with E-state index in [0.717, 1.165) is 6.08 Å². The minimum Gasteiger partial charge on any atom is -0.498 e. The second kappa shape index (κ2) is 5.68. The molecule has 2 N–H and O–H groups in total. The fraction of sp³-hybridized carbons (Fsp3) is 0.538. The molecule has 0 bridgehead atoms. The lowest BCUT2D eigenvalue weighted by Crippen LogP contribution is -2.22. The third-order valence-electron chi connectivity index (χ3n) is 3.15. The third kappa shape index (κ3) is 3.20. The molecule has 0 saturated heterocycles. The van der Waals surface area contributed by atoms with Gasteiger partial charge in [0.15, 0.2) is 0 Å². The maximum absolute atomic E-state index is 13.0. The summed E-state index contributed by atoms with van der Waals surface area (Å²) < 4.78 is 44.2. The molecule has 2 aliphatic rings. The second-order valence-corrected chi connectivity index (χ2v) is 4.58. The Kier molecular flexibility index (Phi) is 4.15. The normalized spacial score (nSPS) is 20.3. The highest BCUT2D eigenvalue weighted by molar-refractivity contribution is 6.04. The number of ether oxygens (including phenoxy) is 1. The van der Waals surface area contributed by atoms with Crippen LogP contribution in [-0.4, -0.2) is 24.3 Å². The van der Waals surface area contributed by atoms with Crippen LogP contribution in [0.1, 0.15) is 32.6 Å². The minimum atomic E-state index is -4.42. The van der Waals surface area contributed by atoms with Gasteiger partial charge in [-0.3, -0.25) is 0 Å². The molecule has 0 saturated carbocycles. The van der Waals surface area contributed by atoms with Gasteiger partial charge in [0.05, 0.1) is 17.9 Å². The number of amidine groups is 1. The van der Waals surface area contributed by atoms with Crippen LogP contribution in [0.2, 0.25) is 0 Å². The largest absolute Gasteiger partial charge is 0.498 e. The number of halogens is 3. The fourth-order valence-electron chi connectivity index (χ4n) is 2.20. The van der Waals surface area contributed by atoms with Gasteiger partial charge in [0, 0.05) is 12.8 Å². The van der Waals surface area contributed by atoms with Crippen LogP contribution in [0.5, 0.6) is 0 Å². The summed E-state index contributed by atoms with van der Waals surface area (Å²) in [5.74, 6) is 0.412. The Morgan fingerprint density at radius 3 is 2.50 bits per heavy atom. The molecule has 4 nitrogen and oxygen atoms in total. The van der Waals surface area contributed by atoms with E-state index in [4.69, 9.17) is 10.5 Å². The van der Waals surface area contributed by atoms with Crippen molar-refractivity contribution in [3.05, 3.63) is 23.0 Å². The van der Waals surface area contributed by atoms with Crippen LogP contribution < -0.4 is 5.73 Å². The predicted octanol–water partition coefficient (Wildman–Crippen LogP) is 3.07. The summed E-state index contributed by atoms with van der Waals surface area (Å²) >= 11 is 0. The van der Waals surface area contributed by atoms with Crippen LogP contribution in [0.3, 0.4) is 0 Å². The van der Waals surface area contributed by atoms with Crippen molar-refractivity contribution < 1.29 is 17.9 Å². The minimum absolute atomic E-state index is 0.00294. The molecule has 0 atom stereocenters. The highest BCUT2D eigenvalue weighted by atomic mass is 19.4. The summed E-state index contributed by atoms with van der Waals surface area (Å²) in [6.07, 6.45) is -1.54. The van der Waals surface area contributed by atoms with E-state index in [1.165, 1.54) is 0 Å². The lowest BCUT2D eigenvalue weighted by atomic mass is 9.92. The Morgan fingerprint density at radius 2 is 1.95 bits per heavy atom. The van der Waals surface area contributed by atoms with Crippen molar-refractivity contribution in [3.63, 3.8) is 0 Å². The molecular formula is C13H16F3N3O. The van der Waals surface area contributed by atoms with Gasteiger partial charge in [-0.25, -0.2) is 0 Å². The van der Waals surface area contributed by atoms with Gasteiger partial charge in [-0.15, -0.1) is 5.10 Å². The average molecular weight is 287 g/mol. The van der Waals surface area contributed by atoms with E-state index in [9.17, 15) is 13.2 Å². The van der Waals surface area contributed by atoms with E-state index in [2.05, 4.69) is 10.2 Å². The summed E-state index contributed by atoms with van der Waals surface area (Å²) in [6, 6.07) is 0. The number of alkyl halides is 3. The number of rotatable bonds is 3. The van der Waals surface area contributed by atoms with Gasteiger partial charge in [-0.1, -0.05) is 0 Å². The molecule has 0 spiro atoms. The van der Waals surface area contributed by atoms with E-state index >= 15 is 0 Å². The molecule has 0 aromatic heterocycles. The van der Waals surface area contributed by atoms with Crippen LogP contribution in [0.4, 0.5) is 13.2 Å². The van der Waals surface area contributed by atoms with Crippen molar-refractivity contribution in [2.75, 3.05) is 6.61 Å². The predicted molar refractivity (Wildman–Crippen MR) is 70.3 cm³/mol. The molecule has 0 aromatic carbocycles. The van der Waals surface area contributed by atoms with Crippen LogP contribution in [-0.2, 0) is 4.74 Å². The van der Waals surface area contributed by atoms with Crippen molar-refractivity contribution >= 4 is 11.5 Å². The van der Waals surface area contributed by atoms with E-state index in [1.807, 2.05) is 0 Å². The van der Waals surface area contributed by atoms with Crippen molar-refractivity contribution in [2.24, 2.45) is 15.9 Å². The van der Waals surface area contributed by atoms with Gasteiger partial charge in [0.1, 0.15) is 11.6 Å². The smallest absolute Gasteiger partial charge is 0.419 e. The number of hydrogen-bond acceptors (Lipinski definition) is 4. The van der Waals surface area contributed by atoms with Crippen LogP contribution in [0.15, 0.2) is 33.2 Å². The van der Waals surface area contributed by atoms with Crippen molar-refractivity contribution in [1.29, 1.82) is 0 Å².